The number of hydrogen-bond acceptors (Lipinski definition) is 4. The zero-order valence-electron chi connectivity index (χ0n) is 10.7. The Bertz CT molecular complexity index is 339. The molecule has 1 unspecified atom stereocenters. The summed E-state index contributed by atoms with van der Waals surface area (Å²) in [6.07, 6.45) is 4.27. The van der Waals surface area contributed by atoms with Crippen LogP contribution in [0.1, 0.15) is 12.6 Å². The first-order valence-corrected chi connectivity index (χ1v) is 6.31. The Labute approximate surface area is 103 Å². The molecule has 2 heterocycles. The fraction of sp³-hybridized carbons (Fsp3) is 0.750. The lowest BCUT2D eigenvalue weighted by Crippen LogP contribution is -2.43. The van der Waals surface area contributed by atoms with Gasteiger partial charge < -0.3 is 14.6 Å². The van der Waals surface area contributed by atoms with E-state index in [1.807, 2.05) is 13.4 Å². The Morgan fingerprint density at radius 1 is 1.59 bits per heavy atom. The summed E-state index contributed by atoms with van der Waals surface area (Å²) in [6, 6.07) is 0. The minimum atomic E-state index is 0.292. The van der Waals surface area contributed by atoms with Gasteiger partial charge in [0.25, 0.3) is 0 Å². The molecule has 0 amide bonds. The molecule has 0 aliphatic carbocycles. The summed E-state index contributed by atoms with van der Waals surface area (Å²) in [7, 11) is 1.93. The molecule has 0 aromatic carbocycles. The van der Waals surface area contributed by atoms with Crippen LogP contribution in [-0.2, 0) is 17.8 Å². The van der Waals surface area contributed by atoms with Gasteiger partial charge in [-0.1, -0.05) is 6.92 Å². The minimum absolute atomic E-state index is 0.292. The number of ether oxygens (including phenoxy) is 1. The van der Waals surface area contributed by atoms with Crippen LogP contribution in [0, 0.1) is 0 Å². The van der Waals surface area contributed by atoms with Crippen molar-refractivity contribution in [3.63, 3.8) is 0 Å². The quantitative estimate of drug-likeness (QED) is 0.802. The van der Waals surface area contributed by atoms with Crippen LogP contribution in [0.3, 0.4) is 0 Å². The minimum Gasteiger partial charge on any atom is -0.374 e. The Morgan fingerprint density at radius 2 is 2.47 bits per heavy atom. The number of nitrogens with one attached hydrogen (secondary N) is 1. The van der Waals surface area contributed by atoms with Gasteiger partial charge in [-0.25, -0.2) is 4.98 Å². The number of imidazole rings is 1. The smallest absolute Gasteiger partial charge is 0.0950 e. The SMILES string of the molecule is CCN1CCOC(Cn2cnc(CNC)c2)C1. The molecule has 0 bridgehead atoms. The van der Waals surface area contributed by atoms with Gasteiger partial charge in [0, 0.05) is 25.8 Å². The number of rotatable bonds is 5. The topological polar surface area (TPSA) is 42.3 Å². The summed E-state index contributed by atoms with van der Waals surface area (Å²) in [5.41, 5.74) is 1.08. The molecule has 2 rings (SSSR count). The van der Waals surface area contributed by atoms with Gasteiger partial charge in [0.15, 0.2) is 0 Å². The van der Waals surface area contributed by atoms with Gasteiger partial charge in [0.05, 0.1) is 31.3 Å². The van der Waals surface area contributed by atoms with E-state index >= 15 is 0 Å². The first kappa shape index (κ1) is 12.5. The van der Waals surface area contributed by atoms with Gasteiger partial charge in [-0.15, -0.1) is 0 Å². The molecule has 1 saturated heterocycles. The lowest BCUT2D eigenvalue weighted by atomic mass is 10.2. The summed E-state index contributed by atoms with van der Waals surface area (Å²) in [5, 5.41) is 3.10. The molecule has 17 heavy (non-hydrogen) atoms. The van der Waals surface area contributed by atoms with E-state index in [1.54, 1.807) is 0 Å². The molecule has 1 aromatic heterocycles. The van der Waals surface area contributed by atoms with E-state index in [9.17, 15) is 0 Å². The molecule has 0 radical (unpaired) electrons. The number of likely N-dealkylation sites (N-methyl/N-ethyl adjacent to an activating group) is 1. The zero-order valence-corrected chi connectivity index (χ0v) is 10.7. The van der Waals surface area contributed by atoms with Crippen LogP contribution < -0.4 is 5.32 Å². The van der Waals surface area contributed by atoms with Gasteiger partial charge in [-0.05, 0) is 13.6 Å². The maximum Gasteiger partial charge on any atom is 0.0950 e. The Hall–Kier alpha value is -0.910. The maximum atomic E-state index is 5.78. The monoisotopic (exact) mass is 238 g/mol. The number of morpholine rings is 1. The van der Waals surface area contributed by atoms with E-state index in [2.05, 4.69) is 32.9 Å². The largest absolute Gasteiger partial charge is 0.374 e. The highest BCUT2D eigenvalue weighted by Gasteiger charge is 2.19. The van der Waals surface area contributed by atoms with E-state index in [0.29, 0.717) is 6.10 Å². The lowest BCUT2D eigenvalue weighted by Gasteiger charge is -2.32. The molecule has 0 spiro atoms. The second-order valence-electron chi connectivity index (χ2n) is 4.48. The van der Waals surface area contributed by atoms with Crippen molar-refractivity contribution >= 4 is 0 Å². The van der Waals surface area contributed by atoms with Gasteiger partial charge in [-0.3, -0.25) is 4.90 Å². The van der Waals surface area contributed by atoms with E-state index in [0.717, 1.165) is 45.0 Å². The summed E-state index contributed by atoms with van der Waals surface area (Å²) in [4.78, 5) is 6.77. The molecule has 1 aliphatic rings. The third-order valence-corrected chi connectivity index (χ3v) is 3.13. The van der Waals surface area contributed by atoms with E-state index in [4.69, 9.17) is 4.74 Å². The Kier molecular flexibility index (Phi) is 4.53. The second-order valence-corrected chi connectivity index (χ2v) is 4.48. The van der Waals surface area contributed by atoms with Crippen molar-refractivity contribution in [2.75, 3.05) is 33.3 Å². The molecule has 1 atom stereocenters. The first-order valence-electron chi connectivity index (χ1n) is 6.31. The highest BCUT2D eigenvalue weighted by molar-refractivity contribution is 4.96. The number of hydrogen-bond donors (Lipinski definition) is 1. The molecular weight excluding hydrogens is 216 g/mol. The Balaban J connectivity index is 1.86. The molecule has 5 heteroatoms. The van der Waals surface area contributed by atoms with Crippen LogP contribution in [0.25, 0.3) is 0 Å². The molecule has 0 saturated carbocycles. The van der Waals surface area contributed by atoms with Crippen molar-refractivity contribution in [3.8, 4) is 0 Å². The molecule has 1 fully saturated rings. The Morgan fingerprint density at radius 3 is 3.24 bits per heavy atom. The van der Waals surface area contributed by atoms with Gasteiger partial charge in [0.2, 0.25) is 0 Å². The van der Waals surface area contributed by atoms with Crippen molar-refractivity contribution in [2.45, 2.75) is 26.1 Å². The van der Waals surface area contributed by atoms with Crippen molar-refractivity contribution in [3.05, 3.63) is 18.2 Å². The van der Waals surface area contributed by atoms with Crippen LogP contribution in [-0.4, -0.2) is 53.8 Å². The van der Waals surface area contributed by atoms with Gasteiger partial charge in [-0.2, -0.15) is 0 Å². The molecular formula is C12H22N4O. The molecule has 1 aliphatic heterocycles. The van der Waals surface area contributed by atoms with E-state index < -0.39 is 0 Å². The van der Waals surface area contributed by atoms with E-state index in [-0.39, 0.29) is 0 Å². The highest BCUT2D eigenvalue weighted by atomic mass is 16.5. The molecule has 1 N–H and O–H groups in total. The summed E-state index contributed by atoms with van der Waals surface area (Å²) >= 11 is 0. The normalized spacial score (nSPS) is 21.9. The van der Waals surface area contributed by atoms with Crippen LogP contribution in [0.2, 0.25) is 0 Å². The third kappa shape index (κ3) is 3.52. The summed E-state index contributed by atoms with van der Waals surface area (Å²) in [6.45, 7) is 7.95. The van der Waals surface area contributed by atoms with Crippen molar-refractivity contribution < 1.29 is 4.74 Å². The third-order valence-electron chi connectivity index (χ3n) is 3.13. The molecule has 96 valence electrons. The standard InChI is InChI=1S/C12H22N4O/c1-3-15-4-5-17-12(8-15)9-16-7-11(6-13-2)14-10-16/h7,10,12-13H,3-6,8-9H2,1-2H3. The van der Waals surface area contributed by atoms with E-state index in [1.165, 1.54) is 0 Å². The van der Waals surface area contributed by atoms with Gasteiger partial charge >= 0.3 is 0 Å². The predicted molar refractivity (Wildman–Crippen MR) is 66.8 cm³/mol. The fourth-order valence-electron chi connectivity index (χ4n) is 2.19. The number of nitrogens with zero attached hydrogens (tertiary/aromatic N) is 3. The van der Waals surface area contributed by atoms with Crippen molar-refractivity contribution in [1.29, 1.82) is 0 Å². The predicted octanol–water partition coefficient (Wildman–Crippen LogP) is 0.323. The fourth-order valence-corrected chi connectivity index (χ4v) is 2.19. The first-order chi connectivity index (χ1) is 8.31. The summed E-state index contributed by atoms with van der Waals surface area (Å²) in [5.74, 6) is 0. The van der Waals surface area contributed by atoms with Crippen LogP contribution in [0.15, 0.2) is 12.5 Å². The van der Waals surface area contributed by atoms with Crippen LogP contribution in [0.5, 0.6) is 0 Å². The average Bonchev–Trinajstić information content (AvgIpc) is 2.77. The van der Waals surface area contributed by atoms with Crippen LogP contribution in [0.4, 0.5) is 0 Å². The lowest BCUT2D eigenvalue weighted by molar-refractivity contribution is -0.0343. The average molecular weight is 238 g/mol. The van der Waals surface area contributed by atoms with Gasteiger partial charge in [0.1, 0.15) is 0 Å². The molecule has 1 aromatic rings. The molecule has 5 nitrogen and oxygen atoms in total. The second kappa shape index (κ2) is 6.14. The van der Waals surface area contributed by atoms with Crippen LogP contribution >= 0.6 is 0 Å². The van der Waals surface area contributed by atoms with Crippen molar-refractivity contribution in [2.24, 2.45) is 0 Å². The highest BCUT2D eigenvalue weighted by Crippen LogP contribution is 2.08. The zero-order chi connectivity index (χ0) is 12.1. The maximum absolute atomic E-state index is 5.78. The van der Waals surface area contributed by atoms with Crippen molar-refractivity contribution in [1.82, 2.24) is 19.8 Å². The number of aromatic nitrogens is 2. The summed E-state index contributed by atoms with van der Waals surface area (Å²) < 4.78 is 7.90.